The van der Waals surface area contributed by atoms with Gasteiger partial charge in [-0.25, -0.2) is 0 Å². The first-order chi connectivity index (χ1) is 14.9. The van der Waals surface area contributed by atoms with Crippen LogP contribution in [0.1, 0.15) is 57.2 Å². The molecule has 1 aromatic carbocycles. The zero-order valence-corrected chi connectivity index (χ0v) is 20.2. The molecule has 6 nitrogen and oxygen atoms in total. The molecule has 1 aliphatic rings. The normalized spacial score (nSPS) is 24.6. The number of amides is 1. The zero-order chi connectivity index (χ0) is 24.2. The van der Waals surface area contributed by atoms with Gasteiger partial charge in [0.05, 0.1) is 5.02 Å². The van der Waals surface area contributed by atoms with Crippen LogP contribution in [0.25, 0.3) is 0 Å². The molecule has 0 aliphatic heterocycles. The fourth-order valence-corrected chi connectivity index (χ4v) is 4.29. The van der Waals surface area contributed by atoms with E-state index in [0.717, 1.165) is 12.0 Å². The van der Waals surface area contributed by atoms with Gasteiger partial charge in [-0.05, 0) is 43.6 Å². The van der Waals surface area contributed by atoms with Gasteiger partial charge in [-0.1, -0.05) is 56.2 Å². The van der Waals surface area contributed by atoms with Crippen LogP contribution in [0.2, 0.25) is 5.02 Å². The highest BCUT2D eigenvalue weighted by molar-refractivity contribution is 6.33. The van der Waals surface area contributed by atoms with Crippen LogP contribution in [0.4, 0.5) is 0 Å². The van der Waals surface area contributed by atoms with E-state index in [4.69, 9.17) is 17.3 Å². The van der Waals surface area contributed by atoms with Crippen LogP contribution in [0.15, 0.2) is 28.8 Å². The topological polar surface area (TPSA) is 113 Å². The summed E-state index contributed by atoms with van der Waals surface area (Å²) in [7, 11) is 0. The number of aliphatic imine (C=N–C) groups is 1. The van der Waals surface area contributed by atoms with Crippen molar-refractivity contribution >= 4 is 29.5 Å². The predicted octanol–water partition coefficient (Wildman–Crippen LogP) is 4.65. The Bertz CT molecular complexity index is 996. The number of primary amides is 1. The molecule has 1 aromatic rings. The highest BCUT2D eigenvalue weighted by atomic mass is 35.5. The Morgan fingerprint density at radius 1 is 1.31 bits per heavy atom. The van der Waals surface area contributed by atoms with Gasteiger partial charge < -0.3 is 15.9 Å². The molecule has 174 valence electrons. The monoisotopic (exact) mass is 460 g/mol. The van der Waals surface area contributed by atoms with E-state index in [1.807, 2.05) is 26.0 Å². The number of phenolic OH excluding ortho intramolecular Hbond substituents is 2. The molecule has 1 saturated carbocycles. The molecule has 0 aromatic heterocycles. The Labute approximate surface area is 194 Å². The summed E-state index contributed by atoms with van der Waals surface area (Å²) in [5.41, 5.74) is 6.88. The van der Waals surface area contributed by atoms with Crippen LogP contribution in [0, 0.1) is 24.2 Å². The lowest BCUT2D eigenvalue weighted by Crippen LogP contribution is -2.40. The number of hydrogen-bond acceptors (Lipinski definition) is 5. The van der Waals surface area contributed by atoms with Crippen molar-refractivity contribution in [3.05, 3.63) is 45.5 Å². The molecule has 1 aliphatic carbocycles. The Hall–Kier alpha value is -2.60. The van der Waals surface area contributed by atoms with Crippen molar-refractivity contribution < 1.29 is 19.8 Å². The summed E-state index contributed by atoms with van der Waals surface area (Å²) in [6.45, 7) is 9.66. The molecule has 0 unspecified atom stereocenters. The standard InChI is InChI=1S/C25H33ClN2O4/c1-14(10-11-25(5)15(2)7-9-20(29)17(25)4)6-8-18-23(31)19(12-28-13-21(27)30)16(3)22(26)24(18)32/h6,10-12,15,17,31-32H,7-9,13H2,1-5H3,(H2,27,30)/b11-10+,14-6+,28-12-/t15-,17+,25+/m1/s1. The van der Waals surface area contributed by atoms with E-state index in [9.17, 15) is 19.8 Å². The summed E-state index contributed by atoms with van der Waals surface area (Å²) in [4.78, 5) is 27.1. The fraction of sp³-hybridized carbons (Fsp3) is 0.480. The molecule has 1 amide bonds. The second-order valence-electron chi connectivity index (χ2n) is 8.94. The first-order valence-corrected chi connectivity index (χ1v) is 11.2. The van der Waals surface area contributed by atoms with Crippen LogP contribution in [-0.4, -0.2) is 34.7 Å². The summed E-state index contributed by atoms with van der Waals surface area (Å²) in [6, 6.07) is 0. The van der Waals surface area contributed by atoms with Crippen molar-refractivity contribution in [1.82, 2.24) is 0 Å². The molecular formula is C25H33ClN2O4. The largest absolute Gasteiger partial charge is 0.507 e. The number of hydrogen-bond donors (Lipinski definition) is 3. The molecule has 0 spiro atoms. The lowest BCUT2D eigenvalue weighted by molar-refractivity contribution is -0.129. The van der Waals surface area contributed by atoms with Crippen molar-refractivity contribution in [1.29, 1.82) is 0 Å². The molecule has 1 fully saturated rings. The number of ketones is 1. The molecular weight excluding hydrogens is 428 g/mol. The summed E-state index contributed by atoms with van der Waals surface area (Å²) in [6.07, 6.45) is 9.08. The lowest BCUT2D eigenvalue weighted by atomic mass is 9.61. The van der Waals surface area contributed by atoms with Gasteiger partial charge in [0.25, 0.3) is 0 Å². The number of Topliss-reactive ketones (excluding diaryl/α,β-unsaturated/α-hetero) is 1. The second kappa shape index (κ2) is 10.3. The number of nitrogens with two attached hydrogens (primary N) is 1. The minimum atomic E-state index is -0.592. The quantitative estimate of drug-likeness (QED) is 0.406. The van der Waals surface area contributed by atoms with Gasteiger partial charge in [0.1, 0.15) is 23.8 Å². The minimum absolute atomic E-state index is 0.0402. The van der Waals surface area contributed by atoms with Gasteiger partial charge in [0.15, 0.2) is 0 Å². The van der Waals surface area contributed by atoms with Crippen molar-refractivity contribution in [2.45, 2.75) is 53.9 Å². The Balaban J connectivity index is 2.31. The van der Waals surface area contributed by atoms with Crippen molar-refractivity contribution in [2.24, 2.45) is 28.0 Å². The molecule has 0 bridgehead atoms. The van der Waals surface area contributed by atoms with Crippen LogP contribution < -0.4 is 5.73 Å². The van der Waals surface area contributed by atoms with Crippen molar-refractivity contribution in [2.75, 3.05) is 6.54 Å². The van der Waals surface area contributed by atoms with E-state index < -0.39 is 5.91 Å². The number of phenols is 2. The van der Waals surface area contributed by atoms with Gasteiger partial charge in [0, 0.05) is 29.7 Å². The van der Waals surface area contributed by atoms with Gasteiger partial charge in [-0.15, -0.1) is 0 Å². The molecule has 4 N–H and O–H groups in total. The maximum atomic E-state index is 12.2. The predicted molar refractivity (Wildman–Crippen MR) is 128 cm³/mol. The average Bonchev–Trinajstić information content (AvgIpc) is 2.74. The zero-order valence-electron chi connectivity index (χ0n) is 19.4. The third-order valence-corrected chi connectivity index (χ3v) is 7.33. The smallest absolute Gasteiger partial charge is 0.239 e. The van der Waals surface area contributed by atoms with Crippen LogP contribution in [0.3, 0.4) is 0 Å². The molecule has 0 heterocycles. The van der Waals surface area contributed by atoms with Gasteiger partial charge in [-0.2, -0.15) is 0 Å². The number of halogens is 1. The fourth-order valence-electron chi connectivity index (χ4n) is 4.07. The van der Waals surface area contributed by atoms with Gasteiger partial charge >= 0.3 is 0 Å². The number of allylic oxidation sites excluding steroid dienone is 4. The minimum Gasteiger partial charge on any atom is -0.507 e. The van der Waals surface area contributed by atoms with Crippen LogP contribution in [0.5, 0.6) is 11.5 Å². The Morgan fingerprint density at radius 2 is 1.97 bits per heavy atom. The number of rotatable bonds is 7. The number of carbonyl (C=O) groups excluding carboxylic acids is 2. The third kappa shape index (κ3) is 5.41. The third-order valence-electron chi connectivity index (χ3n) is 6.87. The molecule has 32 heavy (non-hydrogen) atoms. The Morgan fingerprint density at radius 3 is 2.59 bits per heavy atom. The lowest BCUT2D eigenvalue weighted by Gasteiger charge is -2.42. The van der Waals surface area contributed by atoms with Gasteiger partial charge in [0.2, 0.25) is 5.91 Å². The van der Waals surface area contributed by atoms with Gasteiger partial charge in [-0.3, -0.25) is 14.6 Å². The summed E-state index contributed by atoms with van der Waals surface area (Å²) in [5.74, 6) is -0.268. The van der Waals surface area contributed by atoms with Crippen molar-refractivity contribution in [3.63, 3.8) is 0 Å². The molecule has 0 radical (unpaired) electrons. The summed E-state index contributed by atoms with van der Waals surface area (Å²) >= 11 is 6.26. The molecule has 3 atom stereocenters. The van der Waals surface area contributed by atoms with Crippen molar-refractivity contribution in [3.8, 4) is 11.5 Å². The maximum absolute atomic E-state index is 12.2. The number of benzene rings is 1. The number of nitrogens with zero attached hydrogens (tertiary/aromatic N) is 1. The number of carbonyl (C=O) groups is 2. The Kier molecular flexibility index (Phi) is 8.29. The van der Waals surface area contributed by atoms with E-state index in [-0.39, 0.29) is 46.4 Å². The first kappa shape index (κ1) is 25.7. The van der Waals surface area contributed by atoms with E-state index >= 15 is 0 Å². The van der Waals surface area contributed by atoms with Crippen LogP contribution >= 0.6 is 11.6 Å². The molecule has 7 heteroatoms. The maximum Gasteiger partial charge on any atom is 0.239 e. The highest BCUT2D eigenvalue weighted by Gasteiger charge is 2.41. The van der Waals surface area contributed by atoms with E-state index in [0.29, 0.717) is 29.2 Å². The average molecular weight is 461 g/mol. The molecule has 0 saturated heterocycles. The first-order valence-electron chi connectivity index (χ1n) is 10.8. The number of aromatic hydroxyl groups is 2. The van der Waals surface area contributed by atoms with E-state index in [1.165, 1.54) is 6.21 Å². The summed E-state index contributed by atoms with van der Waals surface area (Å²) in [5, 5.41) is 21.3. The van der Waals surface area contributed by atoms with E-state index in [1.54, 1.807) is 6.92 Å². The summed E-state index contributed by atoms with van der Waals surface area (Å²) < 4.78 is 0. The SMILES string of the molecule is CC(/C=C/[C@@]1(C)[C@H](C)CCC(=O)[C@@H]1C)=C\Cc1c(O)c(Cl)c(C)c(/C=N\CC(N)=O)c1O. The molecule has 2 rings (SSSR count). The van der Waals surface area contributed by atoms with Crippen LogP contribution in [-0.2, 0) is 16.0 Å². The highest BCUT2D eigenvalue weighted by Crippen LogP contribution is 2.45. The second-order valence-corrected chi connectivity index (χ2v) is 9.32. The van der Waals surface area contributed by atoms with E-state index in [2.05, 4.69) is 24.9 Å².